The van der Waals surface area contributed by atoms with E-state index in [4.69, 9.17) is 22.1 Å². The zero-order chi connectivity index (χ0) is 17.0. The highest BCUT2D eigenvalue weighted by atomic mass is 35.5. The van der Waals surface area contributed by atoms with Crippen molar-refractivity contribution in [1.29, 1.82) is 0 Å². The second-order valence-corrected chi connectivity index (χ2v) is 7.63. The Balaban J connectivity index is 1.65. The Morgan fingerprint density at radius 2 is 2.04 bits per heavy atom. The molecule has 2 aliphatic rings. The highest BCUT2D eigenvalue weighted by Crippen LogP contribution is 2.41. The van der Waals surface area contributed by atoms with E-state index in [1.165, 1.54) is 18.4 Å². The van der Waals surface area contributed by atoms with Crippen LogP contribution in [0, 0.1) is 5.92 Å². The summed E-state index contributed by atoms with van der Waals surface area (Å²) in [6, 6.07) is 7.62. The number of carbonyl (C=O) groups excluding carboxylic acids is 1. The van der Waals surface area contributed by atoms with E-state index < -0.39 is 6.04 Å². The lowest BCUT2D eigenvalue weighted by Crippen LogP contribution is -2.50. The Hall–Kier alpha value is -1.10. The standard InChI is InChI=1S/C19H27ClN2O2/c20-16-5-3-4-15(12-16)19(8-1-2-9-19)13-22-18(23)17(21)14-6-10-24-11-7-14/h3-5,12,14,17H,1-2,6-11,13,21H2,(H,22,23). The SMILES string of the molecule is NC(C(=O)NCC1(c2cccc(Cl)c2)CCCC1)C1CCOCC1. The maximum atomic E-state index is 12.5. The third kappa shape index (κ3) is 3.93. The van der Waals surface area contributed by atoms with Crippen molar-refractivity contribution in [1.82, 2.24) is 5.32 Å². The van der Waals surface area contributed by atoms with Crippen LogP contribution in [0.3, 0.4) is 0 Å². The number of hydrogen-bond acceptors (Lipinski definition) is 3. The van der Waals surface area contributed by atoms with Crippen molar-refractivity contribution in [3.05, 3.63) is 34.9 Å². The number of benzene rings is 1. The average molecular weight is 351 g/mol. The molecule has 1 amide bonds. The van der Waals surface area contributed by atoms with Gasteiger partial charge in [-0.3, -0.25) is 4.79 Å². The summed E-state index contributed by atoms with van der Waals surface area (Å²) in [4.78, 5) is 12.5. The lowest BCUT2D eigenvalue weighted by Gasteiger charge is -2.32. The molecule has 2 fully saturated rings. The number of amides is 1. The summed E-state index contributed by atoms with van der Waals surface area (Å²) in [7, 11) is 0. The van der Waals surface area contributed by atoms with Crippen LogP contribution in [-0.4, -0.2) is 31.7 Å². The molecule has 0 aromatic heterocycles. The molecule has 0 radical (unpaired) electrons. The predicted octanol–water partition coefficient (Wildman–Crippen LogP) is 3.02. The van der Waals surface area contributed by atoms with E-state index in [9.17, 15) is 4.79 Å². The summed E-state index contributed by atoms with van der Waals surface area (Å²) in [5.41, 5.74) is 7.42. The van der Waals surface area contributed by atoms with E-state index >= 15 is 0 Å². The molecule has 3 rings (SSSR count). The van der Waals surface area contributed by atoms with Gasteiger partial charge in [0.25, 0.3) is 0 Å². The summed E-state index contributed by atoms with van der Waals surface area (Å²) < 4.78 is 5.36. The van der Waals surface area contributed by atoms with Crippen molar-refractivity contribution in [3.63, 3.8) is 0 Å². The van der Waals surface area contributed by atoms with Crippen molar-refractivity contribution >= 4 is 17.5 Å². The molecular formula is C19H27ClN2O2. The van der Waals surface area contributed by atoms with E-state index in [1.54, 1.807) is 0 Å². The van der Waals surface area contributed by atoms with Crippen LogP contribution in [0.25, 0.3) is 0 Å². The zero-order valence-electron chi connectivity index (χ0n) is 14.1. The van der Waals surface area contributed by atoms with Crippen LogP contribution in [0.4, 0.5) is 0 Å². The monoisotopic (exact) mass is 350 g/mol. The molecule has 1 aromatic rings. The molecular weight excluding hydrogens is 324 g/mol. The van der Waals surface area contributed by atoms with E-state index in [-0.39, 0.29) is 17.2 Å². The fraction of sp³-hybridized carbons (Fsp3) is 0.632. The molecule has 3 N–H and O–H groups in total. The molecule has 132 valence electrons. The van der Waals surface area contributed by atoms with Crippen LogP contribution < -0.4 is 11.1 Å². The highest BCUT2D eigenvalue weighted by molar-refractivity contribution is 6.30. The molecule has 24 heavy (non-hydrogen) atoms. The van der Waals surface area contributed by atoms with Crippen LogP contribution in [0.5, 0.6) is 0 Å². The molecule has 1 aliphatic heterocycles. The minimum absolute atomic E-state index is 0.00401. The van der Waals surface area contributed by atoms with Gasteiger partial charge < -0.3 is 15.8 Å². The summed E-state index contributed by atoms with van der Waals surface area (Å²) in [6.07, 6.45) is 6.28. The number of rotatable bonds is 5. The minimum Gasteiger partial charge on any atom is -0.381 e. The quantitative estimate of drug-likeness (QED) is 0.857. The van der Waals surface area contributed by atoms with E-state index in [1.807, 2.05) is 18.2 Å². The lowest BCUT2D eigenvalue weighted by molar-refractivity contribution is -0.124. The van der Waals surface area contributed by atoms with Crippen LogP contribution in [-0.2, 0) is 14.9 Å². The maximum Gasteiger partial charge on any atom is 0.237 e. The van der Waals surface area contributed by atoms with E-state index in [0.29, 0.717) is 19.8 Å². The first-order valence-corrected chi connectivity index (χ1v) is 9.36. The second-order valence-electron chi connectivity index (χ2n) is 7.19. The molecule has 1 aliphatic carbocycles. The lowest BCUT2D eigenvalue weighted by atomic mass is 9.78. The number of nitrogens with one attached hydrogen (secondary N) is 1. The molecule has 1 aromatic carbocycles. The Morgan fingerprint density at radius 1 is 1.33 bits per heavy atom. The summed E-state index contributed by atoms with van der Waals surface area (Å²) >= 11 is 6.18. The molecule has 1 saturated heterocycles. The van der Waals surface area contributed by atoms with Gasteiger partial charge >= 0.3 is 0 Å². The van der Waals surface area contributed by atoms with E-state index in [2.05, 4.69) is 11.4 Å². The molecule has 4 nitrogen and oxygen atoms in total. The van der Waals surface area contributed by atoms with Crippen LogP contribution in [0.2, 0.25) is 5.02 Å². The van der Waals surface area contributed by atoms with Gasteiger partial charge in [-0.05, 0) is 49.3 Å². The van der Waals surface area contributed by atoms with Gasteiger partial charge in [-0.25, -0.2) is 0 Å². The average Bonchev–Trinajstić information content (AvgIpc) is 3.10. The van der Waals surface area contributed by atoms with Gasteiger partial charge in [0.2, 0.25) is 5.91 Å². The van der Waals surface area contributed by atoms with Crippen LogP contribution >= 0.6 is 11.6 Å². The van der Waals surface area contributed by atoms with Gasteiger partial charge in [-0.1, -0.05) is 36.6 Å². The minimum atomic E-state index is -0.438. The Kier molecular flexibility index (Phi) is 5.80. The fourth-order valence-electron chi connectivity index (χ4n) is 4.10. The maximum absolute atomic E-state index is 12.5. The Morgan fingerprint density at radius 3 is 2.71 bits per heavy atom. The predicted molar refractivity (Wildman–Crippen MR) is 96.1 cm³/mol. The third-order valence-electron chi connectivity index (χ3n) is 5.68. The van der Waals surface area contributed by atoms with Crippen molar-refractivity contribution in [2.45, 2.75) is 50.0 Å². The van der Waals surface area contributed by atoms with Crippen LogP contribution in [0.1, 0.15) is 44.1 Å². The Bertz CT molecular complexity index is 566. The number of ether oxygens (including phenoxy) is 1. The zero-order valence-corrected chi connectivity index (χ0v) is 14.9. The van der Waals surface area contributed by atoms with Gasteiger partial charge in [0.1, 0.15) is 0 Å². The second kappa shape index (κ2) is 7.85. The number of hydrogen-bond donors (Lipinski definition) is 2. The molecule has 0 bridgehead atoms. The molecule has 1 heterocycles. The summed E-state index contributed by atoms with van der Waals surface area (Å²) in [5.74, 6) is 0.194. The van der Waals surface area contributed by atoms with E-state index in [0.717, 1.165) is 30.7 Å². The number of halogens is 1. The normalized spacial score (nSPS) is 22.2. The third-order valence-corrected chi connectivity index (χ3v) is 5.91. The summed E-state index contributed by atoms with van der Waals surface area (Å²) in [6.45, 7) is 2.05. The first-order chi connectivity index (χ1) is 11.6. The first-order valence-electron chi connectivity index (χ1n) is 8.98. The smallest absolute Gasteiger partial charge is 0.237 e. The molecule has 1 atom stereocenters. The largest absolute Gasteiger partial charge is 0.381 e. The molecule has 1 saturated carbocycles. The van der Waals surface area contributed by atoms with Crippen molar-refractivity contribution in [2.75, 3.05) is 19.8 Å². The van der Waals surface area contributed by atoms with Crippen molar-refractivity contribution < 1.29 is 9.53 Å². The molecule has 0 spiro atoms. The fourth-order valence-corrected chi connectivity index (χ4v) is 4.29. The topological polar surface area (TPSA) is 64.4 Å². The summed E-state index contributed by atoms with van der Waals surface area (Å²) in [5, 5.41) is 3.89. The Labute approximate surface area is 149 Å². The number of nitrogens with two attached hydrogens (primary N) is 1. The van der Waals surface area contributed by atoms with Gasteiger partial charge in [-0.15, -0.1) is 0 Å². The van der Waals surface area contributed by atoms with Crippen molar-refractivity contribution in [2.24, 2.45) is 11.7 Å². The van der Waals surface area contributed by atoms with Gasteiger partial charge in [0, 0.05) is 30.2 Å². The van der Waals surface area contributed by atoms with Gasteiger partial charge in [0.15, 0.2) is 0 Å². The highest BCUT2D eigenvalue weighted by Gasteiger charge is 2.37. The molecule has 1 unspecified atom stereocenters. The van der Waals surface area contributed by atoms with Gasteiger partial charge in [0.05, 0.1) is 6.04 Å². The van der Waals surface area contributed by atoms with Crippen molar-refractivity contribution in [3.8, 4) is 0 Å². The molecule has 5 heteroatoms. The number of carbonyl (C=O) groups is 1. The van der Waals surface area contributed by atoms with Gasteiger partial charge in [-0.2, -0.15) is 0 Å². The van der Waals surface area contributed by atoms with Crippen LogP contribution in [0.15, 0.2) is 24.3 Å². The first kappa shape index (κ1) is 17.7.